The van der Waals surface area contributed by atoms with Crippen LogP contribution in [0.2, 0.25) is 0 Å². The first-order chi connectivity index (χ1) is 7.06. The minimum Gasteiger partial charge on any atom is -0.511 e. The Bertz CT molecular complexity index is 289. The van der Waals surface area contributed by atoms with Crippen molar-refractivity contribution in [2.24, 2.45) is 0 Å². The SMILES string of the molecule is CSCC/C(O)=C1/C(=O)C[C@@H](C)OC1=O. The largest absolute Gasteiger partial charge is 0.511 e. The Balaban J connectivity index is 2.82. The number of ether oxygens (including phenoxy) is 1. The highest BCUT2D eigenvalue weighted by atomic mass is 32.2. The molecule has 0 aromatic rings. The van der Waals surface area contributed by atoms with Gasteiger partial charge in [-0.2, -0.15) is 11.8 Å². The first-order valence-corrected chi connectivity index (χ1v) is 6.11. The zero-order valence-corrected chi connectivity index (χ0v) is 9.60. The van der Waals surface area contributed by atoms with Gasteiger partial charge in [0, 0.05) is 18.6 Å². The summed E-state index contributed by atoms with van der Waals surface area (Å²) in [5.74, 6) is -0.494. The molecule has 1 saturated heterocycles. The van der Waals surface area contributed by atoms with E-state index in [1.54, 1.807) is 6.92 Å². The van der Waals surface area contributed by atoms with E-state index in [0.29, 0.717) is 12.2 Å². The average molecular weight is 230 g/mol. The Morgan fingerprint density at radius 1 is 1.60 bits per heavy atom. The van der Waals surface area contributed by atoms with Crippen molar-refractivity contribution in [1.29, 1.82) is 0 Å². The maximum Gasteiger partial charge on any atom is 0.345 e. The van der Waals surface area contributed by atoms with E-state index in [0.717, 1.165) is 0 Å². The van der Waals surface area contributed by atoms with Crippen molar-refractivity contribution in [3.05, 3.63) is 11.3 Å². The van der Waals surface area contributed by atoms with Gasteiger partial charge in [0.1, 0.15) is 17.4 Å². The molecule has 0 aromatic heterocycles. The number of aliphatic hydroxyl groups is 1. The molecule has 1 aliphatic rings. The highest BCUT2D eigenvalue weighted by molar-refractivity contribution is 7.98. The van der Waals surface area contributed by atoms with Crippen molar-refractivity contribution in [2.45, 2.75) is 25.9 Å². The molecule has 1 N–H and O–H groups in total. The quantitative estimate of drug-likeness (QED) is 0.344. The van der Waals surface area contributed by atoms with Gasteiger partial charge in [0.05, 0.1) is 0 Å². The minimum atomic E-state index is -0.697. The van der Waals surface area contributed by atoms with Gasteiger partial charge in [0.25, 0.3) is 0 Å². The first kappa shape index (κ1) is 12.1. The van der Waals surface area contributed by atoms with Crippen molar-refractivity contribution < 1.29 is 19.4 Å². The molecule has 0 unspecified atom stereocenters. The lowest BCUT2D eigenvalue weighted by atomic mass is 10.0. The lowest BCUT2D eigenvalue weighted by Gasteiger charge is -2.20. The molecule has 0 radical (unpaired) electrons. The van der Waals surface area contributed by atoms with E-state index < -0.39 is 5.97 Å². The second-order valence-electron chi connectivity index (χ2n) is 3.41. The summed E-state index contributed by atoms with van der Waals surface area (Å²) < 4.78 is 4.89. The fourth-order valence-electron chi connectivity index (χ4n) is 1.36. The minimum absolute atomic E-state index is 0.147. The molecular weight excluding hydrogens is 216 g/mol. The Morgan fingerprint density at radius 3 is 2.80 bits per heavy atom. The summed E-state index contributed by atoms with van der Waals surface area (Å²) in [5, 5.41) is 9.58. The molecule has 0 aromatic carbocycles. The third kappa shape index (κ3) is 2.99. The first-order valence-electron chi connectivity index (χ1n) is 4.71. The van der Waals surface area contributed by atoms with E-state index in [-0.39, 0.29) is 29.6 Å². The second-order valence-corrected chi connectivity index (χ2v) is 4.39. The Labute approximate surface area is 92.7 Å². The van der Waals surface area contributed by atoms with Gasteiger partial charge in [-0.15, -0.1) is 0 Å². The number of cyclic esters (lactones) is 1. The number of allylic oxidation sites excluding steroid dienone is 1. The number of hydrogen-bond donors (Lipinski definition) is 1. The fraction of sp³-hybridized carbons (Fsp3) is 0.600. The average Bonchev–Trinajstić information content (AvgIpc) is 2.12. The molecule has 1 aliphatic heterocycles. The highest BCUT2D eigenvalue weighted by Crippen LogP contribution is 2.20. The number of aliphatic hydroxyl groups excluding tert-OH is 1. The highest BCUT2D eigenvalue weighted by Gasteiger charge is 2.32. The van der Waals surface area contributed by atoms with E-state index in [2.05, 4.69) is 0 Å². The van der Waals surface area contributed by atoms with Crippen molar-refractivity contribution >= 4 is 23.5 Å². The molecule has 15 heavy (non-hydrogen) atoms. The van der Waals surface area contributed by atoms with E-state index in [9.17, 15) is 14.7 Å². The number of rotatable bonds is 3. The molecule has 1 fully saturated rings. The molecule has 0 bridgehead atoms. The predicted octanol–water partition coefficient (Wildman–Crippen LogP) is 1.46. The number of hydrogen-bond acceptors (Lipinski definition) is 5. The third-order valence-electron chi connectivity index (χ3n) is 2.10. The fourth-order valence-corrected chi connectivity index (χ4v) is 1.76. The van der Waals surface area contributed by atoms with Crippen LogP contribution < -0.4 is 0 Å². The summed E-state index contributed by atoms with van der Waals surface area (Å²) in [5.41, 5.74) is -0.165. The summed E-state index contributed by atoms with van der Waals surface area (Å²) in [4.78, 5) is 22.8. The van der Waals surface area contributed by atoms with E-state index in [4.69, 9.17) is 4.74 Å². The molecule has 1 heterocycles. The Morgan fingerprint density at radius 2 is 2.27 bits per heavy atom. The lowest BCUT2D eigenvalue weighted by molar-refractivity contribution is -0.150. The summed E-state index contributed by atoms with van der Waals surface area (Å²) >= 11 is 1.54. The summed E-state index contributed by atoms with van der Waals surface area (Å²) in [6.07, 6.45) is 1.99. The summed E-state index contributed by atoms with van der Waals surface area (Å²) in [6, 6.07) is 0. The van der Waals surface area contributed by atoms with Gasteiger partial charge in [-0.05, 0) is 13.2 Å². The maximum absolute atomic E-state index is 11.5. The molecule has 0 amide bonds. The van der Waals surface area contributed by atoms with Crippen LogP contribution in [0.1, 0.15) is 19.8 Å². The number of esters is 1. The van der Waals surface area contributed by atoms with Crippen LogP contribution in [-0.4, -0.2) is 35.0 Å². The topological polar surface area (TPSA) is 63.6 Å². The van der Waals surface area contributed by atoms with Gasteiger partial charge >= 0.3 is 5.97 Å². The second kappa shape index (κ2) is 5.21. The van der Waals surface area contributed by atoms with Crippen molar-refractivity contribution in [2.75, 3.05) is 12.0 Å². The lowest BCUT2D eigenvalue weighted by Crippen LogP contribution is -2.31. The molecule has 84 valence electrons. The van der Waals surface area contributed by atoms with E-state index in [1.165, 1.54) is 11.8 Å². The smallest absolute Gasteiger partial charge is 0.345 e. The monoisotopic (exact) mass is 230 g/mol. The normalized spacial score (nSPS) is 25.1. The molecule has 0 aliphatic carbocycles. The molecular formula is C10H14O4S. The molecule has 0 saturated carbocycles. The van der Waals surface area contributed by atoms with Gasteiger partial charge in [-0.25, -0.2) is 4.79 Å². The third-order valence-corrected chi connectivity index (χ3v) is 2.71. The van der Waals surface area contributed by atoms with Crippen molar-refractivity contribution in [1.82, 2.24) is 0 Å². The molecule has 1 rings (SSSR count). The standard InChI is InChI=1S/C10H14O4S/c1-6-5-8(12)9(10(13)14-6)7(11)3-4-15-2/h6,11H,3-5H2,1-2H3/b9-7+/t6-/m1/s1. The molecule has 5 heteroatoms. The van der Waals surface area contributed by atoms with Crippen LogP contribution in [0.3, 0.4) is 0 Å². The Hall–Kier alpha value is -0.970. The van der Waals surface area contributed by atoms with Crippen LogP contribution in [0.15, 0.2) is 11.3 Å². The number of carbonyl (C=O) groups excluding carboxylic acids is 2. The van der Waals surface area contributed by atoms with Crippen LogP contribution in [0.5, 0.6) is 0 Å². The van der Waals surface area contributed by atoms with Gasteiger partial charge in [-0.1, -0.05) is 0 Å². The van der Waals surface area contributed by atoms with Crippen LogP contribution in [0.4, 0.5) is 0 Å². The number of ketones is 1. The van der Waals surface area contributed by atoms with E-state index >= 15 is 0 Å². The van der Waals surface area contributed by atoms with Gasteiger partial charge < -0.3 is 9.84 Å². The van der Waals surface area contributed by atoms with Gasteiger partial charge in [-0.3, -0.25) is 4.79 Å². The number of thioether (sulfide) groups is 1. The zero-order chi connectivity index (χ0) is 11.4. The Kier molecular flexibility index (Phi) is 4.20. The number of Topliss-reactive ketones (excluding diaryl/α,β-unsaturated/α-hetero) is 1. The van der Waals surface area contributed by atoms with Gasteiger partial charge in [0.15, 0.2) is 5.78 Å². The maximum atomic E-state index is 11.5. The van der Waals surface area contributed by atoms with E-state index in [1.807, 2.05) is 6.26 Å². The number of carbonyl (C=O) groups is 2. The van der Waals surface area contributed by atoms with Crippen LogP contribution in [0, 0.1) is 0 Å². The van der Waals surface area contributed by atoms with Crippen LogP contribution in [-0.2, 0) is 14.3 Å². The van der Waals surface area contributed by atoms with Crippen molar-refractivity contribution in [3.63, 3.8) is 0 Å². The van der Waals surface area contributed by atoms with Gasteiger partial charge in [0.2, 0.25) is 0 Å². The molecule has 0 spiro atoms. The summed E-state index contributed by atoms with van der Waals surface area (Å²) in [6.45, 7) is 1.66. The van der Waals surface area contributed by atoms with Crippen LogP contribution in [0.25, 0.3) is 0 Å². The predicted molar refractivity (Wildman–Crippen MR) is 57.8 cm³/mol. The summed E-state index contributed by atoms with van der Waals surface area (Å²) in [7, 11) is 0. The molecule has 4 nitrogen and oxygen atoms in total. The van der Waals surface area contributed by atoms with Crippen LogP contribution >= 0.6 is 11.8 Å². The molecule has 1 atom stereocenters. The zero-order valence-electron chi connectivity index (χ0n) is 8.78. The van der Waals surface area contributed by atoms with Crippen molar-refractivity contribution in [3.8, 4) is 0 Å².